The van der Waals surface area contributed by atoms with Crippen LogP contribution in [0.1, 0.15) is 34.0 Å². The van der Waals surface area contributed by atoms with Crippen molar-refractivity contribution in [2.24, 2.45) is 0 Å². The van der Waals surface area contributed by atoms with Crippen LogP contribution in [0.3, 0.4) is 0 Å². The standard InChI is InChI=1S/C21H21N3O3S2/c1-12-6-14(7-18(27-3)13(12)2)16-9-19(26)24-21(17(16)10-22)29-11-15(25)8-20-23-4-5-28-20/h4-7,16H,8-9,11H2,1-3H3,(H,24,26). The van der Waals surface area contributed by atoms with Crippen molar-refractivity contribution in [2.45, 2.75) is 32.6 Å². The molecule has 3 rings (SSSR count). The number of nitriles is 1. The molecule has 0 spiro atoms. The minimum absolute atomic E-state index is 0.000961. The third-order valence-corrected chi connectivity index (χ3v) is 6.69. The number of nitrogens with one attached hydrogen (secondary N) is 1. The average molecular weight is 428 g/mol. The molecular weight excluding hydrogens is 406 g/mol. The molecule has 0 radical (unpaired) electrons. The van der Waals surface area contributed by atoms with Gasteiger partial charge in [0.1, 0.15) is 11.5 Å². The Hall–Kier alpha value is -2.63. The minimum Gasteiger partial charge on any atom is -0.496 e. The summed E-state index contributed by atoms with van der Waals surface area (Å²) in [6, 6.07) is 6.13. The highest BCUT2D eigenvalue weighted by Crippen LogP contribution is 2.38. The van der Waals surface area contributed by atoms with Crippen molar-refractivity contribution < 1.29 is 14.3 Å². The van der Waals surface area contributed by atoms with Crippen LogP contribution < -0.4 is 10.1 Å². The van der Waals surface area contributed by atoms with Gasteiger partial charge in [0.15, 0.2) is 0 Å². The zero-order valence-corrected chi connectivity index (χ0v) is 18.1. The molecule has 0 saturated carbocycles. The van der Waals surface area contributed by atoms with Crippen molar-refractivity contribution in [3.63, 3.8) is 0 Å². The first-order valence-corrected chi connectivity index (χ1v) is 10.9. The molecule has 6 nitrogen and oxygen atoms in total. The Morgan fingerprint density at radius 3 is 2.90 bits per heavy atom. The van der Waals surface area contributed by atoms with E-state index >= 15 is 0 Å². The van der Waals surface area contributed by atoms with Crippen LogP contribution >= 0.6 is 23.1 Å². The summed E-state index contributed by atoms with van der Waals surface area (Å²) < 4.78 is 5.45. The fourth-order valence-electron chi connectivity index (χ4n) is 3.20. The van der Waals surface area contributed by atoms with Crippen LogP contribution in [0.2, 0.25) is 0 Å². The fraction of sp³-hybridized carbons (Fsp3) is 0.333. The second-order valence-electron chi connectivity index (χ2n) is 6.75. The van der Waals surface area contributed by atoms with Crippen molar-refractivity contribution in [3.8, 4) is 11.8 Å². The second-order valence-corrected chi connectivity index (χ2v) is 8.72. The number of thiazole rings is 1. The topological polar surface area (TPSA) is 92.1 Å². The third-order valence-electron chi connectivity index (χ3n) is 4.83. The molecule has 1 aromatic heterocycles. The van der Waals surface area contributed by atoms with Gasteiger partial charge in [-0.1, -0.05) is 17.8 Å². The molecule has 1 amide bonds. The highest BCUT2D eigenvalue weighted by Gasteiger charge is 2.30. The van der Waals surface area contributed by atoms with Crippen LogP contribution in [0, 0.1) is 25.2 Å². The molecule has 2 heterocycles. The molecule has 1 aromatic carbocycles. The Morgan fingerprint density at radius 1 is 1.45 bits per heavy atom. The Balaban J connectivity index is 1.85. The van der Waals surface area contributed by atoms with E-state index in [0.29, 0.717) is 10.6 Å². The highest BCUT2D eigenvalue weighted by atomic mass is 32.2. The number of methoxy groups -OCH3 is 1. The van der Waals surface area contributed by atoms with E-state index in [9.17, 15) is 14.9 Å². The number of thioether (sulfide) groups is 1. The molecular formula is C21H21N3O3S2. The smallest absolute Gasteiger partial charge is 0.225 e. The van der Waals surface area contributed by atoms with Crippen LogP contribution in [0.5, 0.6) is 5.75 Å². The van der Waals surface area contributed by atoms with E-state index in [-0.39, 0.29) is 36.2 Å². The molecule has 0 aliphatic carbocycles. The summed E-state index contributed by atoms with van der Waals surface area (Å²) in [7, 11) is 1.61. The quantitative estimate of drug-likeness (QED) is 0.725. The van der Waals surface area contributed by atoms with Crippen LogP contribution in [-0.4, -0.2) is 29.5 Å². The summed E-state index contributed by atoms with van der Waals surface area (Å²) in [5.41, 5.74) is 3.40. The SMILES string of the molecule is COc1cc(C2CC(=O)NC(SCC(=O)Cc3nccs3)=C2C#N)cc(C)c1C. The summed E-state index contributed by atoms with van der Waals surface area (Å²) in [5, 5.41) is 15.6. The van der Waals surface area contributed by atoms with Crippen LogP contribution in [0.25, 0.3) is 0 Å². The number of allylic oxidation sites excluding steroid dienone is 1. The van der Waals surface area contributed by atoms with Crippen molar-refractivity contribution >= 4 is 34.8 Å². The van der Waals surface area contributed by atoms with Gasteiger partial charge in [-0.3, -0.25) is 9.59 Å². The van der Waals surface area contributed by atoms with E-state index in [1.807, 2.05) is 31.4 Å². The van der Waals surface area contributed by atoms with Crippen LogP contribution in [0.15, 0.2) is 34.3 Å². The van der Waals surface area contributed by atoms with E-state index in [2.05, 4.69) is 16.4 Å². The zero-order valence-electron chi connectivity index (χ0n) is 16.4. The average Bonchev–Trinajstić information content (AvgIpc) is 3.20. The summed E-state index contributed by atoms with van der Waals surface area (Å²) in [4.78, 5) is 28.7. The van der Waals surface area contributed by atoms with Gasteiger partial charge in [-0.05, 0) is 36.6 Å². The van der Waals surface area contributed by atoms with Crippen LogP contribution in [-0.2, 0) is 16.0 Å². The molecule has 29 heavy (non-hydrogen) atoms. The predicted molar refractivity (Wildman–Crippen MR) is 114 cm³/mol. The maximum Gasteiger partial charge on any atom is 0.225 e. The van der Waals surface area contributed by atoms with Crippen molar-refractivity contribution in [3.05, 3.63) is 56.0 Å². The summed E-state index contributed by atoms with van der Waals surface area (Å²) in [5.74, 6) is 0.373. The van der Waals surface area contributed by atoms with E-state index in [1.165, 1.54) is 23.1 Å². The first-order chi connectivity index (χ1) is 13.9. The van der Waals surface area contributed by atoms with Gasteiger partial charge in [-0.15, -0.1) is 11.3 Å². The molecule has 1 aliphatic rings. The lowest BCUT2D eigenvalue weighted by Gasteiger charge is -2.26. The van der Waals surface area contributed by atoms with E-state index in [1.54, 1.807) is 13.3 Å². The third kappa shape index (κ3) is 4.86. The van der Waals surface area contributed by atoms with Gasteiger partial charge in [0, 0.05) is 23.9 Å². The predicted octanol–water partition coefficient (Wildman–Crippen LogP) is 3.65. The van der Waals surface area contributed by atoms with Gasteiger partial charge in [-0.2, -0.15) is 5.26 Å². The molecule has 0 saturated heterocycles. The molecule has 1 aliphatic heterocycles. The molecule has 1 unspecified atom stereocenters. The number of amides is 1. The monoisotopic (exact) mass is 427 g/mol. The minimum atomic E-state index is -0.362. The number of Topliss-reactive ketones (excluding diaryl/α,β-unsaturated/α-hetero) is 1. The van der Waals surface area contributed by atoms with Gasteiger partial charge in [-0.25, -0.2) is 4.98 Å². The first kappa shape index (κ1) is 21.1. The van der Waals surface area contributed by atoms with Gasteiger partial charge in [0.05, 0.1) is 41.0 Å². The molecule has 1 atom stereocenters. The molecule has 150 valence electrons. The summed E-state index contributed by atoms with van der Waals surface area (Å²) >= 11 is 2.64. The fourth-order valence-corrected chi connectivity index (χ4v) is 4.78. The maximum atomic E-state index is 12.3. The Labute approximate surface area is 178 Å². The lowest BCUT2D eigenvalue weighted by atomic mass is 9.85. The largest absolute Gasteiger partial charge is 0.496 e. The number of rotatable bonds is 7. The summed E-state index contributed by atoms with van der Waals surface area (Å²) in [6.07, 6.45) is 2.11. The van der Waals surface area contributed by atoms with Crippen molar-refractivity contribution in [1.82, 2.24) is 10.3 Å². The van der Waals surface area contributed by atoms with Gasteiger partial charge in [0.2, 0.25) is 5.91 Å². The summed E-state index contributed by atoms with van der Waals surface area (Å²) in [6.45, 7) is 3.95. The van der Waals surface area contributed by atoms with E-state index in [0.717, 1.165) is 27.4 Å². The number of benzene rings is 1. The number of nitrogens with zero attached hydrogens (tertiary/aromatic N) is 2. The maximum absolute atomic E-state index is 12.3. The van der Waals surface area contributed by atoms with Gasteiger partial charge in [0.25, 0.3) is 0 Å². The Morgan fingerprint density at radius 2 is 2.24 bits per heavy atom. The van der Waals surface area contributed by atoms with E-state index < -0.39 is 0 Å². The number of carbonyl (C=O) groups excluding carboxylic acids is 2. The van der Waals surface area contributed by atoms with E-state index in [4.69, 9.17) is 4.74 Å². The molecule has 2 aromatic rings. The Bertz CT molecular complexity index is 1010. The molecule has 0 fully saturated rings. The number of ether oxygens (including phenoxy) is 1. The highest BCUT2D eigenvalue weighted by molar-refractivity contribution is 8.03. The lowest BCUT2D eigenvalue weighted by molar-refractivity contribution is -0.121. The molecule has 8 heteroatoms. The second kappa shape index (κ2) is 9.25. The number of ketones is 1. The number of hydrogen-bond acceptors (Lipinski definition) is 7. The normalized spacial score (nSPS) is 16.3. The number of aromatic nitrogens is 1. The van der Waals surface area contributed by atoms with Crippen molar-refractivity contribution in [1.29, 1.82) is 5.26 Å². The first-order valence-electron chi connectivity index (χ1n) is 9.05. The number of hydrogen-bond donors (Lipinski definition) is 1. The van der Waals surface area contributed by atoms with Gasteiger partial charge < -0.3 is 10.1 Å². The number of aryl methyl sites for hydroxylation is 1. The molecule has 0 bridgehead atoms. The number of carbonyl (C=O) groups is 2. The molecule has 1 N–H and O–H groups in total. The van der Waals surface area contributed by atoms with Crippen molar-refractivity contribution in [2.75, 3.05) is 12.9 Å². The van der Waals surface area contributed by atoms with Gasteiger partial charge >= 0.3 is 0 Å². The zero-order chi connectivity index (χ0) is 21.0. The Kier molecular flexibility index (Phi) is 6.72. The lowest BCUT2D eigenvalue weighted by Crippen LogP contribution is -2.31. The van der Waals surface area contributed by atoms with Crippen LogP contribution in [0.4, 0.5) is 0 Å².